The molecule has 0 spiro atoms. The van der Waals surface area contributed by atoms with Crippen molar-refractivity contribution in [3.05, 3.63) is 29.8 Å². The molecule has 1 aromatic rings. The molecule has 112 valence electrons. The third-order valence-corrected chi connectivity index (χ3v) is 3.24. The Balaban J connectivity index is 2.44. The van der Waals surface area contributed by atoms with E-state index in [1.165, 1.54) is 0 Å². The molecule has 0 aliphatic carbocycles. The molecule has 20 heavy (non-hydrogen) atoms. The summed E-state index contributed by atoms with van der Waals surface area (Å²) in [4.78, 5) is 10.7. The van der Waals surface area contributed by atoms with Gasteiger partial charge in [-0.05, 0) is 36.5 Å². The zero-order valence-corrected chi connectivity index (χ0v) is 12.2. The summed E-state index contributed by atoms with van der Waals surface area (Å²) in [5, 5.41) is 9.77. The zero-order valence-electron chi connectivity index (χ0n) is 12.2. The van der Waals surface area contributed by atoms with Crippen LogP contribution in [0.15, 0.2) is 24.3 Å². The van der Waals surface area contributed by atoms with Gasteiger partial charge in [-0.3, -0.25) is 5.21 Å². The van der Waals surface area contributed by atoms with Crippen LogP contribution in [0.3, 0.4) is 0 Å². The van der Waals surface area contributed by atoms with Gasteiger partial charge in [0.05, 0.1) is 13.2 Å². The number of carbonyl (C=O) groups is 1. The maximum Gasteiger partial charge on any atom is 0.338 e. The lowest BCUT2D eigenvalue weighted by atomic mass is 9.98. The van der Waals surface area contributed by atoms with Crippen molar-refractivity contribution in [2.24, 2.45) is 5.73 Å². The predicted octanol–water partition coefficient (Wildman–Crippen LogP) is 3.13. The van der Waals surface area contributed by atoms with Gasteiger partial charge in [-0.1, -0.05) is 32.4 Å². The third-order valence-electron chi connectivity index (χ3n) is 3.24. The normalized spacial score (nSPS) is 11.9. The largest absolute Gasteiger partial charge is 0.494 e. The molecule has 0 aliphatic heterocycles. The molecule has 0 heterocycles. The van der Waals surface area contributed by atoms with E-state index in [0.717, 1.165) is 30.8 Å². The van der Waals surface area contributed by atoms with Crippen LogP contribution in [0.1, 0.15) is 44.6 Å². The number of urea groups is 1. The molecule has 0 fully saturated rings. The number of carbonyl (C=O) groups excluding carboxylic acids is 1. The number of benzene rings is 1. The van der Waals surface area contributed by atoms with Crippen molar-refractivity contribution < 1.29 is 14.7 Å². The molecule has 2 amide bonds. The average molecular weight is 280 g/mol. The Labute approximate surface area is 120 Å². The number of nitrogens with two attached hydrogens (primary N) is 1. The van der Waals surface area contributed by atoms with Gasteiger partial charge in [-0.2, -0.15) is 0 Å². The molecule has 1 unspecified atom stereocenters. The number of hydrogen-bond donors (Lipinski definition) is 2. The number of nitrogens with zero attached hydrogens (tertiary/aromatic N) is 1. The van der Waals surface area contributed by atoms with Gasteiger partial charge in [0.1, 0.15) is 5.75 Å². The SMILES string of the molecule is CCCCOc1ccc(C(C)CCN(O)C(N)=O)cc1. The number of unbranched alkanes of at least 4 members (excludes halogenated alkanes) is 1. The van der Waals surface area contributed by atoms with E-state index in [0.29, 0.717) is 11.5 Å². The summed E-state index contributed by atoms with van der Waals surface area (Å²) in [5.41, 5.74) is 6.10. The molecule has 1 rings (SSSR count). The summed E-state index contributed by atoms with van der Waals surface area (Å²) >= 11 is 0. The van der Waals surface area contributed by atoms with Gasteiger partial charge in [-0.25, -0.2) is 9.86 Å². The van der Waals surface area contributed by atoms with Crippen molar-refractivity contribution >= 4 is 6.03 Å². The van der Waals surface area contributed by atoms with E-state index in [2.05, 4.69) is 6.92 Å². The molecule has 5 nitrogen and oxygen atoms in total. The molecule has 0 radical (unpaired) electrons. The predicted molar refractivity (Wildman–Crippen MR) is 78.0 cm³/mol. The Morgan fingerprint density at radius 2 is 2.05 bits per heavy atom. The smallest absolute Gasteiger partial charge is 0.338 e. The minimum absolute atomic E-state index is 0.227. The molecule has 0 aromatic heterocycles. The number of amides is 2. The number of ether oxygens (including phenoxy) is 1. The molecular weight excluding hydrogens is 256 g/mol. The van der Waals surface area contributed by atoms with Crippen LogP contribution < -0.4 is 10.5 Å². The van der Waals surface area contributed by atoms with Crippen LogP contribution in [0.2, 0.25) is 0 Å². The first-order valence-electron chi connectivity index (χ1n) is 7.03. The van der Waals surface area contributed by atoms with Crippen LogP contribution in [-0.2, 0) is 0 Å². The first kappa shape index (κ1) is 16.3. The summed E-state index contributed by atoms with van der Waals surface area (Å²) in [6.45, 7) is 5.14. The second-order valence-corrected chi connectivity index (χ2v) is 4.92. The molecule has 0 saturated carbocycles. The number of rotatable bonds is 8. The van der Waals surface area contributed by atoms with Crippen LogP contribution in [0.5, 0.6) is 5.75 Å². The fraction of sp³-hybridized carbons (Fsp3) is 0.533. The van der Waals surface area contributed by atoms with Crippen molar-refractivity contribution in [2.75, 3.05) is 13.2 Å². The van der Waals surface area contributed by atoms with Gasteiger partial charge in [0.15, 0.2) is 0 Å². The van der Waals surface area contributed by atoms with Gasteiger partial charge in [0.2, 0.25) is 0 Å². The highest BCUT2D eigenvalue weighted by Crippen LogP contribution is 2.22. The van der Waals surface area contributed by atoms with Crippen molar-refractivity contribution in [3.63, 3.8) is 0 Å². The molecule has 3 N–H and O–H groups in total. The first-order chi connectivity index (χ1) is 9.54. The molecule has 5 heteroatoms. The number of primary amides is 1. The lowest BCUT2D eigenvalue weighted by molar-refractivity contribution is -0.0409. The van der Waals surface area contributed by atoms with E-state index in [4.69, 9.17) is 10.5 Å². The van der Waals surface area contributed by atoms with Crippen LogP contribution >= 0.6 is 0 Å². The number of hydroxylamine groups is 2. The highest BCUT2D eigenvalue weighted by molar-refractivity contribution is 5.70. The molecular formula is C15H24N2O3. The van der Waals surface area contributed by atoms with E-state index in [1.54, 1.807) is 0 Å². The summed E-state index contributed by atoms with van der Waals surface area (Å²) in [5.74, 6) is 1.10. The Morgan fingerprint density at radius 3 is 2.60 bits per heavy atom. The van der Waals surface area contributed by atoms with Crippen LogP contribution in [0.25, 0.3) is 0 Å². The van der Waals surface area contributed by atoms with E-state index in [9.17, 15) is 10.0 Å². The fourth-order valence-corrected chi connectivity index (χ4v) is 1.82. The average Bonchev–Trinajstić information content (AvgIpc) is 2.45. The van der Waals surface area contributed by atoms with Gasteiger partial charge in [0.25, 0.3) is 0 Å². The zero-order chi connectivity index (χ0) is 15.0. The standard InChI is InChI=1S/C15H24N2O3/c1-3-4-11-20-14-7-5-13(6-8-14)12(2)9-10-17(19)15(16)18/h5-8,12,19H,3-4,9-11H2,1-2H3,(H2,16,18). The van der Waals surface area contributed by atoms with Gasteiger partial charge in [0, 0.05) is 0 Å². The fourth-order valence-electron chi connectivity index (χ4n) is 1.82. The Hall–Kier alpha value is -1.75. The third kappa shape index (κ3) is 5.48. The molecule has 0 aliphatic rings. The van der Waals surface area contributed by atoms with Gasteiger partial charge in [-0.15, -0.1) is 0 Å². The lowest BCUT2D eigenvalue weighted by Gasteiger charge is -2.16. The first-order valence-corrected chi connectivity index (χ1v) is 7.03. The van der Waals surface area contributed by atoms with Crippen molar-refractivity contribution in [2.45, 2.75) is 39.0 Å². The maximum atomic E-state index is 10.7. The quantitative estimate of drug-likeness (QED) is 0.436. The van der Waals surface area contributed by atoms with Crippen LogP contribution in [0, 0.1) is 0 Å². The van der Waals surface area contributed by atoms with E-state index >= 15 is 0 Å². The highest BCUT2D eigenvalue weighted by Gasteiger charge is 2.10. The lowest BCUT2D eigenvalue weighted by Crippen LogP contribution is -2.33. The summed E-state index contributed by atoms with van der Waals surface area (Å²) in [7, 11) is 0. The molecule has 0 bridgehead atoms. The van der Waals surface area contributed by atoms with E-state index < -0.39 is 6.03 Å². The minimum atomic E-state index is -0.822. The van der Waals surface area contributed by atoms with Crippen molar-refractivity contribution in [1.82, 2.24) is 5.06 Å². The number of hydrogen-bond acceptors (Lipinski definition) is 3. The van der Waals surface area contributed by atoms with E-state index in [-0.39, 0.29) is 12.5 Å². The Bertz CT molecular complexity index is 406. The molecule has 1 aromatic carbocycles. The Morgan fingerprint density at radius 1 is 1.40 bits per heavy atom. The second-order valence-electron chi connectivity index (χ2n) is 4.92. The van der Waals surface area contributed by atoms with Gasteiger partial charge < -0.3 is 10.5 Å². The minimum Gasteiger partial charge on any atom is -0.494 e. The van der Waals surface area contributed by atoms with Crippen molar-refractivity contribution in [3.8, 4) is 5.75 Å². The summed E-state index contributed by atoms with van der Waals surface area (Å²) < 4.78 is 5.60. The second kappa shape index (κ2) is 8.43. The Kier molecular flexibility index (Phi) is 6.87. The molecule has 0 saturated heterocycles. The highest BCUT2D eigenvalue weighted by atomic mass is 16.5. The topological polar surface area (TPSA) is 75.8 Å². The summed E-state index contributed by atoms with van der Waals surface area (Å²) in [6, 6.07) is 7.10. The van der Waals surface area contributed by atoms with Crippen molar-refractivity contribution in [1.29, 1.82) is 0 Å². The van der Waals surface area contributed by atoms with Crippen LogP contribution in [0.4, 0.5) is 4.79 Å². The van der Waals surface area contributed by atoms with Crippen LogP contribution in [-0.4, -0.2) is 29.5 Å². The van der Waals surface area contributed by atoms with Gasteiger partial charge >= 0.3 is 6.03 Å². The summed E-state index contributed by atoms with van der Waals surface area (Å²) in [6.07, 6.45) is 2.82. The molecule has 1 atom stereocenters. The monoisotopic (exact) mass is 280 g/mol. The maximum absolute atomic E-state index is 10.7. The van der Waals surface area contributed by atoms with E-state index in [1.807, 2.05) is 31.2 Å².